The summed E-state index contributed by atoms with van der Waals surface area (Å²) in [7, 11) is 0. The molecule has 1 fully saturated rings. The Morgan fingerprint density at radius 2 is 1.57 bits per heavy atom. The lowest BCUT2D eigenvalue weighted by Crippen LogP contribution is -2.41. The Morgan fingerprint density at radius 1 is 1.05 bits per heavy atom. The van der Waals surface area contributed by atoms with Crippen LogP contribution in [-0.2, 0) is 4.74 Å². The minimum Gasteiger partial charge on any atom is -0.370 e. The first-order chi connectivity index (χ1) is 10.1. The molecule has 1 saturated heterocycles. The van der Waals surface area contributed by atoms with Gasteiger partial charge in [0, 0.05) is 19.1 Å². The van der Waals surface area contributed by atoms with Gasteiger partial charge in [-0.25, -0.2) is 0 Å². The maximum atomic E-state index is 6.18. The summed E-state index contributed by atoms with van der Waals surface area (Å²) in [6.07, 6.45) is 4.21. The van der Waals surface area contributed by atoms with Gasteiger partial charge in [-0.2, -0.15) is 0 Å². The molecule has 1 aromatic carbocycles. The van der Waals surface area contributed by atoms with Crippen LogP contribution in [0, 0.1) is 0 Å². The Bertz CT molecular complexity index is 355. The molecule has 1 unspecified atom stereocenters. The average molecular weight is 291 g/mol. The van der Waals surface area contributed by atoms with Crippen LogP contribution in [-0.4, -0.2) is 30.1 Å². The van der Waals surface area contributed by atoms with Gasteiger partial charge in [-0.1, -0.05) is 50.6 Å². The van der Waals surface area contributed by atoms with Gasteiger partial charge in [0.15, 0.2) is 0 Å². The SMILES string of the molecule is CC(OC1CCN(C(C)C)CC1)c1ccccc1.CCC. The third-order valence-electron chi connectivity index (χ3n) is 3.87. The van der Waals surface area contributed by atoms with Crippen LogP contribution in [0.5, 0.6) is 0 Å². The summed E-state index contributed by atoms with van der Waals surface area (Å²) in [5.41, 5.74) is 1.28. The van der Waals surface area contributed by atoms with Gasteiger partial charge in [0.05, 0.1) is 12.2 Å². The zero-order valence-electron chi connectivity index (χ0n) is 14.5. The highest BCUT2D eigenvalue weighted by atomic mass is 16.5. The summed E-state index contributed by atoms with van der Waals surface area (Å²) >= 11 is 0. The molecule has 2 nitrogen and oxygen atoms in total. The van der Waals surface area contributed by atoms with E-state index in [2.05, 4.69) is 69.9 Å². The van der Waals surface area contributed by atoms with Crippen LogP contribution >= 0.6 is 0 Å². The van der Waals surface area contributed by atoms with Crippen LogP contribution in [0.15, 0.2) is 30.3 Å². The number of likely N-dealkylation sites (tertiary alicyclic amines) is 1. The molecule has 1 heterocycles. The Hall–Kier alpha value is -0.860. The topological polar surface area (TPSA) is 12.5 Å². The lowest BCUT2D eigenvalue weighted by Gasteiger charge is -2.35. The van der Waals surface area contributed by atoms with Gasteiger partial charge >= 0.3 is 0 Å². The van der Waals surface area contributed by atoms with E-state index in [1.165, 1.54) is 25.1 Å². The molecule has 1 aliphatic rings. The molecule has 1 aromatic rings. The van der Waals surface area contributed by atoms with E-state index in [0.29, 0.717) is 12.1 Å². The minimum absolute atomic E-state index is 0.210. The normalized spacial score (nSPS) is 18.2. The number of hydrogen-bond donors (Lipinski definition) is 0. The van der Waals surface area contributed by atoms with Gasteiger partial charge in [0.25, 0.3) is 0 Å². The van der Waals surface area contributed by atoms with Gasteiger partial charge in [0.2, 0.25) is 0 Å². The largest absolute Gasteiger partial charge is 0.370 e. The Labute approximate surface area is 131 Å². The van der Waals surface area contributed by atoms with Gasteiger partial charge in [0.1, 0.15) is 0 Å². The zero-order chi connectivity index (χ0) is 15.7. The molecule has 0 bridgehead atoms. The van der Waals surface area contributed by atoms with Crippen LogP contribution in [0.3, 0.4) is 0 Å². The van der Waals surface area contributed by atoms with Gasteiger partial charge in [-0.15, -0.1) is 0 Å². The van der Waals surface area contributed by atoms with Crippen molar-refractivity contribution in [2.45, 2.75) is 72.1 Å². The molecule has 120 valence electrons. The summed E-state index contributed by atoms with van der Waals surface area (Å²) in [4.78, 5) is 2.53. The van der Waals surface area contributed by atoms with Gasteiger partial charge < -0.3 is 9.64 Å². The zero-order valence-corrected chi connectivity index (χ0v) is 14.5. The summed E-state index contributed by atoms with van der Waals surface area (Å²) in [5.74, 6) is 0. The standard InChI is InChI=1S/C16H25NO.C3H8/c1-13(2)17-11-9-16(10-12-17)18-14(3)15-7-5-4-6-8-15;1-3-2/h4-8,13-14,16H,9-12H2,1-3H3;3H2,1-2H3. The predicted octanol–water partition coefficient (Wildman–Crippen LogP) is 5.05. The maximum Gasteiger partial charge on any atom is 0.0800 e. The Balaban J connectivity index is 0.000000677. The molecule has 21 heavy (non-hydrogen) atoms. The molecule has 0 spiro atoms. The molecule has 2 heteroatoms. The first kappa shape index (κ1) is 18.2. The van der Waals surface area contributed by atoms with E-state index < -0.39 is 0 Å². The number of piperidine rings is 1. The smallest absolute Gasteiger partial charge is 0.0800 e. The predicted molar refractivity (Wildman–Crippen MR) is 91.6 cm³/mol. The highest BCUT2D eigenvalue weighted by Crippen LogP contribution is 2.23. The molecule has 0 N–H and O–H groups in total. The van der Waals surface area contributed by atoms with Gasteiger partial charge in [-0.05, 0) is 39.2 Å². The number of benzene rings is 1. The molecule has 0 amide bonds. The fourth-order valence-electron chi connectivity index (χ4n) is 2.62. The first-order valence-corrected chi connectivity index (χ1v) is 8.52. The van der Waals surface area contributed by atoms with Crippen LogP contribution in [0.2, 0.25) is 0 Å². The Morgan fingerprint density at radius 3 is 2.05 bits per heavy atom. The second kappa shape index (κ2) is 9.97. The fourth-order valence-corrected chi connectivity index (χ4v) is 2.62. The quantitative estimate of drug-likeness (QED) is 0.769. The summed E-state index contributed by atoms with van der Waals surface area (Å²) < 4.78 is 6.18. The summed E-state index contributed by atoms with van der Waals surface area (Å²) in [6.45, 7) is 13.3. The average Bonchev–Trinajstić information content (AvgIpc) is 2.49. The van der Waals surface area contributed by atoms with Crippen molar-refractivity contribution in [3.8, 4) is 0 Å². The minimum atomic E-state index is 0.210. The van der Waals surface area contributed by atoms with Crippen molar-refractivity contribution < 1.29 is 4.74 Å². The van der Waals surface area contributed by atoms with Crippen LogP contribution in [0.25, 0.3) is 0 Å². The van der Waals surface area contributed by atoms with Gasteiger partial charge in [-0.3, -0.25) is 0 Å². The third kappa shape index (κ3) is 6.62. The van der Waals surface area contributed by atoms with Crippen molar-refractivity contribution in [1.29, 1.82) is 0 Å². The van der Waals surface area contributed by atoms with E-state index in [0.717, 1.165) is 12.8 Å². The molecule has 0 saturated carbocycles. The molecule has 2 rings (SSSR count). The molecule has 1 aliphatic heterocycles. The van der Waals surface area contributed by atoms with Crippen molar-refractivity contribution in [2.75, 3.05) is 13.1 Å². The molecular weight excluding hydrogens is 258 g/mol. The Kier molecular flexibility index (Phi) is 8.63. The van der Waals surface area contributed by atoms with Crippen molar-refractivity contribution in [2.24, 2.45) is 0 Å². The number of hydrogen-bond acceptors (Lipinski definition) is 2. The molecule has 0 aromatic heterocycles. The van der Waals surface area contributed by atoms with Crippen LogP contribution in [0.4, 0.5) is 0 Å². The van der Waals surface area contributed by atoms with E-state index in [9.17, 15) is 0 Å². The highest BCUT2D eigenvalue weighted by Gasteiger charge is 2.22. The monoisotopic (exact) mass is 291 g/mol. The van der Waals surface area contributed by atoms with Crippen molar-refractivity contribution >= 4 is 0 Å². The van der Waals surface area contributed by atoms with E-state index in [-0.39, 0.29) is 6.10 Å². The number of rotatable bonds is 4. The number of ether oxygens (including phenoxy) is 1. The fraction of sp³-hybridized carbons (Fsp3) is 0.684. The summed E-state index contributed by atoms with van der Waals surface area (Å²) in [6, 6.07) is 11.2. The van der Waals surface area contributed by atoms with Crippen molar-refractivity contribution in [3.63, 3.8) is 0 Å². The van der Waals surface area contributed by atoms with E-state index in [1.807, 2.05) is 0 Å². The molecular formula is C19H33NO. The third-order valence-corrected chi connectivity index (χ3v) is 3.87. The van der Waals surface area contributed by atoms with Crippen LogP contribution in [0.1, 0.15) is 65.5 Å². The molecule has 0 radical (unpaired) electrons. The van der Waals surface area contributed by atoms with E-state index in [1.54, 1.807) is 0 Å². The van der Waals surface area contributed by atoms with Crippen molar-refractivity contribution in [1.82, 2.24) is 4.90 Å². The second-order valence-corrected chi connectivity index (χ2v) is 6.23. The first-order valence-electron chi connectivity index (χ1n) is 8.52. The van der Waals surface area contributed by atoms with Crippen LogP contribution < -0.4 is 0 Å². The lowest BCUT2D eigenvalue weighted by atomic mass is 10.1. The lowest BCUT2D eigenvalue weighted by molar-refractivity contribution is -0.0398. The summed E-state index contributed by atoms with van der Waals surface area (Å²) in [5, 5.41) is 0. The highest BCUT2D eigenvalue weighted by molar-refractivity contribution is 5.16. The number of nitrogens with zero attached hydrogens (tertiary/aromatic N) is 1. The molecule has 1 atom stereocenters. The van der Waals surface area contributed by atoms with E-state index >= 15 is 0 Å². The van der Waals surface area contributed by atoms with Crippen molar-refractivity contribution in [3.05, 3.63) is 35.9 Å². The molecule has 0 aliphatic carbocycles. The maximum absolute atomic E-state index is 6.18. The van der Waals surface area contributed by atoms with E-state index in [4.69, 9.17) is 4.74 Å². The second-order valence-electron chi connectivity index (χ2n) is 6.23.